The van der Waals surface area contributed by atoms with Crippen LogP contribution >= 0.6 is 0 Å². The van der Waals surface area contributed by atoms with Crippen LogP contribution in [0.4, 0.5) is 5.69 Å². The van der Waals surface area contributed by atoms with E-state index in [4.69, 9.17) is 4.74 Å². The summed E-state index contributed by atoms with van der Waals surface area (Å²) in [7, 11) is 0. The summed E-state index contributed by atoms with van der Waals surface area (Å²) in [6, 6.07) is 6.06. The van der Waals surface area contributed by atoms with Crippen LogP contribution in [-0.2, 0) is 11.2 Å². The molecule has 0 unspecified atom stereocenters. The molecule has 1 aliphatic rings. The Morgan fingerprint density at radius 3 is 2.75 bits per heavy atom. The lowest BCUT2D eigenvalue weighted by Gasteiger charge is -2.29. The lowest BCUT2D eigenvalue weighted by atomic mass is 10.0. The monoisotopic (exact) mass is 219 g/mol. The Hall–Kier alpha value is -1.35. The molecule has 86 valence electrons. The smallest absolute Gasteiger partial charge is 0.150 e. The van der Waals surface area contributed by atoms with Crippen molar-refractivity contribution in [2.45, 2.75) is 13.3 Å². The Labute approximate surface area is 96.0 Å². The number of morpholine rings is 1. The zero-order valence-corrected chi connectivity index (χ0v) is 9.61. The van der Waals surface area contributed by atoms with Gasteiger partial charge in [0.15, 0.2) is 0 Å². The van der Waals surface area contributed by atoms with E-state index in [1.54, 1.807) is 0 Å². The van der Waals surface area contributed by atoms with Gasteiger partial charge in [0.2, 0.25) is 0 Å². The van der Waals surface area contributed by atoms with E-state index in [0.717, 1.165) is 50.1 Å². The lowest BCUT2D eigenvalue weighted by molar-refractivity contribution is 0.112. The molecule has 0 spiro atoms. The van der Waals surface area contributed by atoms with Gasteiger partial charge in [0.05, 0.1) is 13.2 Å². The van der Waals surface area contributed by atoms with Crippen LogP contribution in [0.2, 0.25) is 0 Å². The van der Waals surface area contributed by atoms with Crippen LogP contribution in [0, 0.1) is 0 Å². The van der Waals surface area contributed by atoms with Crippen LogP contribution in [0.5, 0.6) is 0 Å². The number of hydrogen-bond acceptors (Lipinski definition) is 3. The minimum absolute atomic E-state index is 0.789. The summed E-state index contributed by atoms with van der Waals surface area (Å²) < 4.78 is 5.32. The summed E-state index contributed by atoms with van der Waals surface area (Å²) in [5.74, 6) is 0. The number of aldehydes is 1. The molecule has 1 saturated heterocycles. The maximum absolute atomic E-state index is 10.8. The van der Waals surface area contributed by atoms with E-state index in [-0.39, 0.29) is 0 Å². The van der Waals surface area contributed by atoms with Crippen molar-refractivity contribution in [1.82, 2.24) is 0 Å². The molecule has 0 radical (unpaired) electrons. The summed E-state index contributed by atoms with van der Waals surface area (Å²) in [6.45, 7) is 5.52. The number of rotatable bonds is 3. The van der Waals surface area contributed by atoms with E-state index in [1.807, 2.05) is 12.1 Å². The number of anilines is 1. The van der Waals surface area contributed by atoms with E-state index in [9.17, 15) is 4.79 Å². The van der Waals surface area contributed by atoms with Crippen molar-refractivity contribution in [2.75, 3.05) is 31.2 Å². The fourth-order valence-electron chi connectivity index (χ4n) is 2.03. The van der Waals surface area contributed by atoms with E-state index in [1.165, 1.54) is 5.69 Å². The first-order chi connectivity index (χ1) is 7.85. The molecular formula is C13H17NO2. The normalized spacial score (nSPS) is 16.2. The second-order valence-electron chi connectivity index (χ2n) is 3.95. The standard InChI is InChI=1S/C13H17NO2/c1-2-11-9-13(4-3-12(11)10-15)14-5-7-16-8-6-14/h3-4,9-10H,2,5-8H2,1H3. The molecule has 0 atom stereocenters. The van der Waals surface area contributed by atoms with E-state index < -0.39 is 0 Å². The second-order valence-corrected chi connectivity index (χ2v) is 3.95. The molecule has 2 rings (SSSR count). The van der Waals surface area contributed by atoms with Crippen molar-refractivity contribution >= 4 is 12.0 Å². The molecule has 3 heteroatoms. The number of ether oxygens (including phenoxy) is 1. The van der Waals surface area contributed by atoms with Gasteiger partial charge in [0.25, 0.3) is 0 Å². The molecule has 0 aliphatic carbocycles. The van der Waals surface area contributed by atoms with Crippen LogP contribution in [-0.4, -0.2) is 32.6 Å². The van der Waals surface area contributed by atoms with Crippen molar-refractivity contribution in [2.24, 2.45) is 0 Å². The molecule has 1 aromatic rings. The van der Waals surface area contributed by atoms with Crippen molar-refractivity contribution in [3.05, 3.63) is 29.3 Å². The van der Waals surface area contributed by atoms with Crippen LogP contribution < -0.4 is 4.90 Å². The van der Waals surface area contributed by atoms with Gasteiger partial charge >= 0.3 is 0 Å². The summed E-state index contributed by atoms with van der Waals surface area (Å²) in [5.41, 5.74) is 3.13. The van der Waals surface area contributed by atoms with Crippen LogP contribution in [0.25, 0.3) is 0 Å². The fraction of sp³-hybridized carbons (Fsp3) is 0.462. The van der Waals surface area contributed by atoms with Crippen LogP contribution in [0.1, 0.15) is 22.8 Å². The highest BCUT2D eigenvalue weighted by atomic mass is 16.5. The highest BCUT2D eigenvalue weighted by Crippen LogP contribution is 2.20. The predicted octanol–water partition coefficient (Wildman–Crippen LogP) is 1.90. The molecular weight excluding hydrogens is 202 g/mol. The Morgan fingerprint density at radius 2 is 2.12 bits per heavy atom. The van der Waals surface area contributed by atoms with Gasteiger partial charge in [-0.15, -0.1) is 0 Å². The quantitative estimate of drug-likeness (QED) is 0.727. The van der Waals surface area contributed by atoms with Gasteiger partial charge in [0.1, 0.15) is 6.29 Å². The van der Waals surface area contributed by atoms with Gasteiger partial charge < -0.3 is 9.64 Å². The minimum Gasteiger partial charge on any atom is -0.378 e. The number of carbonyl (C=O) groups is 1. The Bertz CT molecular complexity index is 370. The highest BCUT2D eigenvalue weighted by Gasteiger charge is 2.12. The molecule has 0 N–H and O–H groups in total. The lowest BCUT2D eigenvalue weighted by Crippen LogP contribution is -2.36. The number of hydrogen-bond donors (Lipinski definition) is 0. The van der Waals surface area contributed by atoms with E-state index in [0.29, 0.717) is 0 Å². The first-order valence-electron chi connectivity index (χ1n) is 5.76. The summed E-state index contributed by atoms with van der Waals surface area (Å²) in [6.07, 6.45) is 1.83. The first kappa shape index (κ1) is 11.1. The van der Waals surface area contributed by atoms with Gasteiger partial charge in [-0.25, -0.2) is 0 Å². The molecule has 0 bridgehead atoms. The molecule has 1 aliphatic heterocycles. The number of aryl methyl sites for hydroxylation is 1. The average molecular weight is 219 g/mol. The third-order valence-corrected chi connectivity index (χ3v) is 3.01. The third kappa shape index (κ3) is 2.25. The van der Waals surface area contributed by atoms with Gasteiger partial charge in [-0.3, -0.25) is 4.79 Å². The fourth-order valence-corrected chi connectivity index (χ4v) is 2.03. The van der Waals surface area contributed by atoms with Crippen LogP contribution in [0.3, 0.4) is 0 Å². The van der Waals surface area contributed by atoms with Crippen molar-refractivity contribution in [1.29, 1.82) is 0 Å². The zero-order valence-electron chi connectivity index (χ0n) is 9.61. The Balaban J connectivity index is 2.24. The summed E-state index contributed by atoms with van der Waals surface area (Å²) >= 11 is 0. The molecule has 1 fully saturated rings. The van der Waals surface area contributed by atoms with Gasteiger partial charge in [-0.1, -0.05) is 6.92 Å². The SMILES string of the molecule is CCc1cc(N2CCOCC2)ccc1C=O. The van der Waals surface area contributed by atoms with E-state index in [2.05, 4.69) is 17.9 Å². The van der Waals surface area contributed by atoms with Crippen molar-refractivity contribution in [3.63, 3.8) is 0 Å². The van der Waals surface area contributed by atoms with E-state index >= 15 is 0 Å². The maximum Gasteiger partial charge on any atom is 0.150 e. The zero-order chi connectivity index (χ0) is 11.4. The summed E-state index contributed by atoms with van der Waals surface area (Å²) in [5, 5.41) is 0. The number of benzene rings is 1. The molecule has 1 heterocycles. The number of carbonyl (C=O) groups excluding carboxylic acids is 1. The average Bonchev–Trinajstić information content (AvgIpc) is 2.39. The largest absolute Gasteiger partial charge is 0.378 e. The molecule has 1 aromatic carbocycles. The number of nitrogens with zero attached hydrogens (tertiary/aromatic N) is 1. The molecule has 16 heavy (non-hydrogen) atoms. The first-order valence-corrected chi connectivity index (χ1v) is 5.76. The molecule has 3 nitrogen and oxygen atoms in total. The molecule has 0 saturated carbocycles. The van der Waals surface area contributed by atoms with Gasteiger partial charge in [-0.05, 0) is 30.2 Å². The van der Waals surface area contributed by atoms with Crippen molar-refractivity contribution in [3.8, 4) is 0 Å². The summed E-state index contributed by atoms with van der Waals surface area (Å²) in [4.78, 5) is 13.1. The Kier molecular flexibility index (Phi) is 3.57. The minimum atomic E-state index is 0.789. The van der Waals surface area contributed by atoms with Crippen LogP contribution in [0.15, 0.2) is 18.2 Å². The second kappa shape index (κ2) is 5.12. The topological polar surface area (TPSA) is 29.5 Å². The molecule has 0 aromatic heterocycles. The van der Waals surface area contributed by atoms with Gasteiger partial charge in [0, 0.05) is 24.3 Å². The third-order valence-electron chi connectivity index (χ3n) is 3.01. The predicted molar refractivity (Wildman–Crippen MR) is 64.2 cm³/mol. The highest BCUT2D eigenvalue weighted by molar-refractivity contribution is 5.78. The maximum atomic E-state index is 10.8. The Morgan fingerprint density at radius 1 is 1.38 bits per heavy atom. The molecule has 0 amide bonds. The van der Waals surface area contributed by atoms with Crippen molar-refractivity contribution < 1.29 is 9.53 Å². The van der Waals surface area contributed by atoms with Gasteiger partial charge in [-0.2, -0.15) is 0 Å².